The average molecular weight is 920 g/mol. The van der Waals surface area contributed by atoms with Crippen molar-refractivity contribution < 1.29 is 28.6 Å². The van der Waals surface area contributed by atoms with Crippen LogP contribution in [-0.4, -0.2) is 37.2 Å². The van der Waals surface area contributed by atoms with Crippen LogP contribution in [0.2, 0.25) is 0 Å². The summed E-state index contributed by atoms with van der Waals surface area (Å²) >= 11 is 0. The van der Waals surface area contributed by atoms with E-state index in [0.717, 1.165) is 57.8 Å². The third kappa shape index (κ3) is 53.2. The van der Waals surface area contributed by atoms with Gasteiger partial charge in [0.25, 0.3) is 0 Å². The number of ether oxygens (including phenoxy) is 3. The highest BCUT2D eigenvalue weighted by molar-refractivity contribution is 5.71. The van der Waals surface area contributed by atoms with Crippen molar-refractivity contribution in [2.75, 3.05) is 13.2 Å². The van der Waals surface area contributed by atoms with Crippen LogP contribution in [0.4, 0.5) is 0 Å². The molecule has 0 radical (unpaired) electrons. The quantitative estimate of drug-likeness (QED) is 0.0344. The Bertz CT molecular complexity index is 967. The molecule has 0 saturated heterocycles. The summed E-state index contributed by atoms with van der Waals surface area (Å²) in [6.07, 6.45) is 60.9. The zero-order chi connectivity index (χ0) is 47.2. The Morgan fingerprint density at radius 3 is 0.615 bits per heavy atom. The largest absolute Gasteiger partial charge is 0.462 e. The van der Waals surface area contributed by atoms with Crippen LogP contribution >= 0.6 is 0 Å². The van der Waals surface area contributed by atoms with Crippen molar-refractivity contribution in [2.24, 2.45) is 0 Å². The van der Waals surface area contributed by atoms with Gasteiger partial charge in [0.1, 0.15) is 13.2 Å². The first-order chi connectivity index (χ1) is 32.0. The van der Waals surface area contributed by atoms with Gasteiger partial charge in [0.2, 0.25) is 0 Å². The van der Waals surface area contributed by atoms with Crippen molar-refractivity contribution in [1.82, 2.24) is 0 Å². The van der Waals surface area contributed by atoms with Crippen molar-refractivity contribution in [3.8, 4) is 0 Å². The minimum atomic E-state index is -0.761. The Morgan fingerprint density at radius 2 is 0.415 bits per heavy atom. The first kappa shape index (κ1) is 63.4. The number of carbonyl (C=O) groups is 3. The topological polar surface area (TPSA) is 78.9 Å². The zero-order valence-corrected chi connectivity index (χ0v) is 44.3. The van der Waals surface area contributed by atoms with E-state index in [4.69, 9.17) is 14.2 Å². The number of rotatable bonds is 55. The lowest BCUT2D eigenvalue weighted by molar-refractivity contribution is -0.167. The molecule has 0 unspecified atom stereocenters. The fourth-order valence-electron chi connectivity index (χ4n) is 9.15. The van der Waals surface area contributed by atoms with E-state index in [0.29, 0.717) is 19.3 Å². The van der Waals surface area contributed by atoms with E-state index in [2.05, 4.69) is 20.8 Å². The molecule has 386 valence electrons. The Morgan fingerprint density at radius 1 is 0.246 bits per heavy atom. The molecule has 0 bridgehead atoms. The summed E-state index contributed by atoms with van der Waals surface area (Å²) in [4.78, 5) is 38.2. The second-order valence-corrected chi connectivity index (χ2v) is 20.3. The molecule has 65 heavy (non-hydrogen) atoms. The van der Waals surface area contributed by atoms with Gasteiger partial charge in [-0.25, -0.2) is 0 Å². The first-order valence-corrected chi connectivity index (χ1v) is 29.5. The molecule has 0 aliphatic rings. The van der Waals surface area contributed by atoms with Crippen LogP contribution < -0.4 is 0 Å². The summed E-state index contributed by atoms with van der Waals surface area (Å²) in [7, 11) is 0. The molecule has 0 rings (SSSR count). The van der Waals surface area contributed by atoms with Gasteiger partial charge in [-0.1, -0.05) is 303 Å². The molecule has 0 aliphatic carbocycles. The highest BCUT2D eigenvalue weighted by Gasteiger charge is 2.19. The van der Waals surface area contributed by atoms with E-state index >= 15 is 0 Å². The second kappa shape index (κ2) is 55.0. The maximum Gasteiger partial charge on any atom is 0.306 e. The molecule has 0 heterocycles. The summed E-state index contributed by atoms with van der Waals surface area (Å²) in [6, 6.07) is 0. The molecule has 0 amide bonds. The lowest BCUT2D eigenvalue weighted by atomic mass is 10.0. The molecule has 6 nitrogen and oxygen atoms in total. The number of unbranched alkanes of at least 4 members (excludes halogenated alkanes) is 44. The van der Waals surface area contributed by atoms with Crippen molar-refractivity contribution in [1.29, 1.82) is 0 Å². The first-order valence-electron chi connectivity index (χ1n) is 29.5. The van der Waals surface area contributed by atoms with E-state index in [1.807, 2.05) is 0 Å². The van der Waals surface area contributed by atoms with Gasteiger partial charge in [-0.05, 0) is 19.3 Å². The fourth-order valence-corrected chi connectivity index (χ4v) is 9.15. The van der Waals surface area contributed by atoms with Crippen molar-refractivity contribution in [3.05, 3.63) is 0 Å². The second-order valence-electron chi connectivity index (χ2n) is 20.3. The highest BCUT2D eigenvalue weighted by atomic mass is 16.6. The molecule has 0 aromatic heterocycles. The molecule has 1 atom stereocenters. The summed E-state index contributed by atoms with van der Waals surface area (Å²) in [5.74, 6) is -0.830. The highest BCUT2D eigenvalue weighted by Crippen LogP contribution is 2.18. The van der Waals surface area contributed by atoms with E-state index in [1.165, 1.54) is 244 Å². The van der Waals surface area contributed by atoms with Crippen LogP contribution in [0, 0.1) is 0 Å². The normalized spacial score (nSPS) is 11.9. The SMILES string of the molecule is CCCCCCCCCCCCCCCCCCCC(=O)OC[C@H](COC(=O)CCCCCCCCCCCCCCCC)OC(=O)CCCCCCCCCCCCCCCCCC. The summed E-state index contributed by atoms with van der Waals surface area (Å²) in [5, 5.41) is 0. The van der Waals surface area contributed by atoms with Crippen molar-refractivity contribution in [3.63, 3.8) is 0 Å². The van der Waals surface area contributed by atoms with Crippen LogP contribution in [0.25, 0.3) is 0 Å². The Kier molecular flexibility index (Phi) is 53.7. The van der Waals surface area contributed by atoms with Gasteiger partial charge in [-0.2, -0.15) is 0 Å². The number of carbonyl (C=O) groups excluding carboxylic acids is 3. The smallest absolute Gasteiger partial charge is 0.306 e. The zero-order valence-electron chi connectivity index (χ0n) is 44.3. The third-order valence-corrected chi connectivity index (χ3v) is 13.6. The number of esters is 3. The van der Waals surface area contributed by atoms with Gasteiger partial charge in [-0.3, -0.25) is 14.4 Å². The Hall–Kier alpha value is -1.59. The maximum absolute atomic E-state index is 12.9. The Balaban J connectivity index is 4.28. The lowest BCUT2D eigenvalue weighted by Crippen LogP contribution is -2.30. The van der Waals surface area contributed by atoms with E-state index in [-0.39, 0.29) is 31.1 Å². The van der Waals surface area contributed by atoms with Gasteiger partial charge in [0, 0.05) is 19.3 Å². The van der Waals surface area contributed by atoms with Crippen LogP contribution in [0.1, 0.15) is 342 Å². The van der Waals surface area contributed by atoms with Crippen LogP contribution in [0.5, 0.6) is 0 Å². The summed E-state index contributed by atoms with van der Waals surface area (Å²) in [6.45, 7) is 6.71. The van der Waals surface area contributed by atoms with Gasteiger partial charge in [-0.15, -0.1) is 0 Å². The monoisotopic (exact) mass is 919 g/mol. The van der Waals surface area contributed by atoms with Gasteiger partial charge in [0.15, 0.2) is 6.10 Å². The molecule has 0 fully saturated rings. The van der Waals surface area contributed by atoms with Gasteiger partial charge >= 0.3 is 17.9 Å². The fraction of sp³-hybridized carbons (Fsp3) is 0.949. The summed E-state index contributed by atoms with van der Waals surface area (Å²) in [5.41, 5.74) is 0. The van der Waals surface area contributed by atoms with Crippen molar-refractivity contribution >= 4 is 17.9 Å². The third-order valence-electron chi connectivity index (χ3n) is 13.6. The standard InChI is InChI=1S/C59H114O6/c1-4-7-10-13-16-19-22-25-28-30-32-34-37-40-43-46-49-52-58(61)64-55-56(54-63-57(60)51-48-45-42-39-36-33-27-24-21-18-15-12-9-6-3)65-59(62)53-50-47-44-41-38-35-31-29-26-23-20-17-14-11-8-5-2/h56H,4-55H2,1-3H3/t56-/m0/s1. The molecule has 0 aromatic rings. The molecule has 6 heteroatoms. The molecular formula is C59H114O6. The molecule has 0 N–H and O–H groups in total. The van der Waals surface area contributed by atoms with E-state index < -0.39 is 6.10 Å². The van der Waals surface area contributed by atoms with E-state index in [9.17, 15) is 14.4 Å². The predicted octanol–water partition coefficient (Wildman–Crippen LogP) is 19.5. The van der Waals surface area contributed by atoms with Crippen molar-refractivity contribution in [2.45, 2.75) is 348 Å². The van der Waals surface area contributed by atoms with Gasteiger partial charge < -0.3 is 14.2 Å². The number of hydrogen-bond acceptors (Lipinski definition) is 6. The average Bonchev–Trinajstić information content (AvgIpc) is 3.30. The molecule has 0 saturated carbocycles. The lowest BCUT2D eigenvalue weighted by Gasteiger charge is -2.18. The van der Waals surface area contributed by atoms with Gasteiger partial charge in [0.05, 0.1) is 0 Å². The number of hydrogen-bond donors (Lipinski definition) is 0. The molecule has 0 spiro atoms. The molecule has 0 aliphatic heterocycles. The predicted molar refractivity (Wildman–Crippen MR) is 280 cm³/mol. The minimum Gasteiger partial charge on any atom is -0.462 e. The maximum atomic E-state index is 12.9. The van der Waals surface area contributed by atoms with Crippen LogP contribution in [0.3, 0.4) is 0 Å². The van der Waals surface area contributed by atoms with Crippen LogP contribution in [-0.2, 0) is 28.6 Å². The molecular weight excluding hydrogens is 805 g/mol. The molecule has 0 aromatic carbocycles. The van der Waals surface area contributed by atoms with Crippen LogP contribution in [0.15, 0.2) is 0 Å². The Labute approximate surface area is 406 Å². The minimum absolute atomic E-state index is 0.0609. The van der Waals surface area contributed by atoms with E-state index in [1.54, 1.807) is 0 Å². The summed E-state index contributed by atoms with van der Waals surface area (Å²) < 4.78 is 16.9.